The summed E-state index contributed by atoms with van der Waals surface area (Å²) in [6.45, 7) is 0. The number of esters is 1. The van der Waals surface area contributed by atoms with E-state index in [4.69, 9.17) is 22.7 Å². The Hall–Kier alpha value is -3.26. The van der Waals surface area contributed by atoms with Crippen molar-refractivity contribution in [1.29, 1.82) is 5.26 Å². The van der Waals surface area contributed by atoms with Crippen molar-refractivity contribution >= 4 is 17.6 Å². The predicted octanol–water partition coefficient (Wildman–Crippen LogP) is 1.04. The van der Waals surface area contributed by atoms with Crippen LogP contribution in [0.25, 0.3) is 5.69 Å². The van der Waals surface area contributed by atoms with Gasteiger partial charge in [-0.15, -0.1) is 0 Å². The monoisotopic (exact) mass is 388 g/mol. The van der Waals surface area contributed by atoms with Crippen molar-refractivity contribution < 1.29 is 22.7 Å². The second-order valence-electron chi connectivity index (χ2n) is 4.81. The lowest BCUT2D eigenvalue weighted by Crippen LogP contribution is -2.45. The minimum Gasteiger partial charge on any atom is -0.465 e. The molecule has 0 aliphatic heterocycles. The van der Waals surface area contributed by atoms with Crippen LogP contribution in [-0.2, 0) is 10.9 Å². The van der Waals surface area contributed by atoms with Gasteiger partial charge >= 0.3 is 17.8 Å². The maximum Gasteiger partial charge on any atom is 0.433 e. The molecule has 0 bridgehead atoms. The normalized spacial score (nSPS) is 11.1. The van der Waals surface area contributed by atoms with E-state index in [1.54, 1.807) is 6.07 Å². The maximum atomic E-state index is 12.8. The molecule has 1 aromatic carbocycles. The number of hydrogen-bond donors (Lipinski definition) is 1. The summed E-state index contributed by atoms with van der Waals surface area (Å²) < 4.78 is 42.9. The molecule has 0 atom stereocenters. The number of benzene rings is 1. The fourth-order valence-corrected chi connectivity index (χ4v) is 2.35. The average molecular weight is 389 g/mol. The van der Waals surface area contributed by atoms with E-state index in [9.17, 15) is 27.6 Å². The smallest absolute Gasteiger partial charge is 0.433 e. The highest BCUT2D eigenvalue weighted by molar-refractivity contribution is 6.32. The van der Waals surface area contributed by atoms with Crippen molar-refractivity contribution in [3.8, 4) is 11.8 Å². The highest BCUT2D eigenvalue weighted by Crippen LogP contribution is 2.27. The number of nitrogens with zero attached hydrogens (tertiary/aromatic N) is 3. The van der Waals surface area contributed by atoms with Gasteiger partial charge in [-0.25, -0.2) is 18.8 Å². The van der Waals surface area contributed by atoms with E-state index in [1.165, 1.54) is 0 Å². The van der Waals surface area contributed by atoms with Crippen LogP contribution in [0, 0.1) is 11.3 Å². The summed E-state index contributed by atoms with van der Waals surface area (Å²) in [4.78, 5) is 36.0. The lowest BCUT2D eigenvalue weighted by Gasteiger charge is -2.15. The first-order valence-electron chi connectivity index (χ1n) is 6.56. The zero-order valence-corrected chi connectivity index (χ0v) is 13.6. The maximum absolute atomic E-state index is 12.8. The van der Waals surface area contributed by atoms with Gasteiger partial charge in [-0.05, 0) is 12.1 Å². The molecule has 2 N–H and O–H groups in total. The van der Waals surface area contributed by atoms with Crippen molar-refractivity contribution in [2.45, 2.75) is 6.18 Å². The quantitative estimate of drug-likeness (QED) is 0.606. The molecule has 0 unspecified atom stereocenters. The number of nitriles is 1. The number of ether oxygens (including phenoxy) is 1. The van der Waals surface area contributed by atoms with E-state index in [1.807, 2.05) is 0 Å². The Labute approximate surface area is 147 Å². The molecule has 1 aromatic heterocycles. The molecule has 12 heteroatoms. The standard InChI is InChI=1S/C14H8ClF3N4O4/c1-26-12(24)7-3-9(8(15)2-6(7)5-19)21-11(23)4-10(14(16,17)18)22(20)13(21)25/h2-4H,20H2,1H3. The van der Waals surface area contributed by atoms with Gasteiger partial charge in [0.2, 0.25) is 0 Å². The van der Waals surface area contributed by atoms with Gasteiger partial charge in [0.25, 0.3) is 5.56 Å². The number of halogens is 4. The van der Waals surface area contributed by atoms with E-state index in [0.29, 0.717) is 0 Å². The lowest BCUT2D eigenvalue weighted by atomic mass is 10.1. The van der Waals surface area contributed by atoms with Crippen molar-refractivity contribution in [3.05, 3.63) is 60.9 Å². The van der Waals surface area contributed by atoms with Crippen LogP contribution in [0.15, 0.2) is 27.8 Å². The number of nitrogen functional groups attached to an aromatic ring is 1. The zero-order valence-electron chi connectivity index (χ0n) is 12.8. The SMILES string of the molecule is COC(=O)c1cc(-n2c(=O)cc(C(F)(F)F)n(N)c2=O)c(Cl)cc1C#N. The molecule has 0 saturated heterocycles. The molecule has 0 aliphatic rings. The van der Waals surface area contributed by atoms with Gasteiger partial charge in [-0.1, -0.05) is 11.6 Å². The molecule has 8 nitrogen and oxygen atoms in total. The molecule has 1 heterocycles. The zero-order chi connectivity index (χ0) is 19.8. The summed E-state index contributed by atoms with van der Waals surface area (Å²) >= 11 is 5.91. The first-order chi connectivity index (χ1) is 12.0. The van der Waals surface area contributed by atoms with Gasteiger partial charge in [-0.2, -0.15) is 18.4 Å². The van der Waals surface area contributed by atoms with Gasteiger partial charge in [-0.3, -0.25) is 4.79 Å². The summed E-state index contributed by atoms with van der Waals surface area (Å²) in [5.41, 5.74) is -5.60. The predicted molar refractivity (Wildman–Crippen MR) is 82.5 cm³/mol. The Morgan fingerprint density at radius 3 is 2.42 bits per heavy atom. The summed E-state index contributed by atoms with van der Waals surface area (Å²) in [5, 5.41) is 8.69. The van der Waals surface area contributed by atoms with Gasteiger partial charge in [0.1, 0.15) is 6.07 Å². The molecular weight excluding hydrogens is 381 g/mol. The number of carbonyl (C=O) groups excluding carboxylic acids is 1. The largest absolute Gasteiger partial charge is 0.465 e. The number of nitrogens with two attached hydrogens (primary N) is 1. The van der Waals surface area contributed by atoms with Gasteiger partial charge in [0, 0.05) is 6.07 Å². The van der Waals surface area contributed by atoms with Gasteiger partial charge < -0.3 is 10.6 Å². The number of alkyl halides is 3. The summed E-state index contributed by atoms with van der Waals surface area (Å²) in [7, 11) is 1.02. The molecule has 0 amide bonds. The minimum absolute atomic E-state index is 0.105. The van der Waals surface area contributed by atoms with Crippen LogP contribution < -0.4 is 17.1 Å². The van der Waals surface area contributed by atoms with Crippen molar-refractivity contribution in [2.24, 2.45) is 0 Å². The van der Waals surface area contributed by atoms with Crippen LogP contribution in [0.5, 0.6) is 0 Å². The topological polar surface area (TPSA) is 120 Å². The Balaban J connectivity index is 2.88. The molecule has 136 valence electrons. The molecule has 0 aliphatic carbocycles. The van der Waals surface area contributed by atoms with Crippen LogP contribution in [0.3, 0.4) is 0 Å². The summed E-state index contributed by atoms with van der Waals surface area (Å²) in [5.74, 6) is 4.16. The molecule has 2 rings (SSSR count). The first-order valence-corrected chi connectivity index (χ1v) is 6.94. The average Bonchev–Trinajstić information content (AvgIpc) is 2.57. The van der Waals surface area contributed by atoms with E-state index in [2.05, 4.69) is 4.74 Å². The van der Waals surface area contributed by atoms with E-state index in [-0.39, 0.29) is 31.5 Å². The third-order valence-electron chi connectivity index (χ3n) is 3.28. The Kier molecular flexibility index (Phi) is 4.82. The number of methoxy groups -OCH3 is 1. The minimum atomic E-state index is -5.04. The van der Waals surface area contributed by atoms with Crippen molar-refractivity contribution in [1.82, 2.24) is 9.24 Å². The molecule has 26 heavy (non-hydrogen) atoms. The fraction of sp³-hybridized carbons (Fsp3) is 0.143. The van der Waals surface area contributed by atoms with Crippen molar-refractivity contribution in [2.75, 3.05) is 13.0 Å². The molecule has 0 fully saturated rings. The molecule has 2 aromatic rings. The van der Waals surface area contributed by atoms with Crippen LogP contribution >= 0.6 is 11.6 Å². The van der Waals surface area contributed by atoms with E-state index in [0.717, 1.165) is 19.2 Å². The molecular formula is C14H8ClF3N4O4. The van der Waals surface area contributed by atoms with Crippen LogP contribution in [0.1, 0.15) is 21.6 Å². The first kappa shape index (κ1) is 19.1. The third kappa shape index (κ3) is 3.14. The van der Waals surface area contributed by atoms with Crippen LogP contribution in [-0.4, -0.2) is 22.3 Å². The molecule has 0 saturated carbocycles. The Morgan fingerprint density at radius 1 is 1.31 bits per heavy atom. The number of carbonyl (C=O) groups is 1. The van der Waals surface area contributed by atoms with Crippen LogP contribution in [0.4, 0.5) is 13.2 Å². The van der Waals surface area contributed by atoms with Gasteiger partial charge in [0.15, 0.2) is 5.69 Å². The van der Waals surface area contributed by atoms with Crippen LogP contribution in [0.2, 0.25) is 5.02 Å². The number of rotatable bonds is 2. The second kappa shape index (κ2) is 6.57. The molecule has 0 radical (unpaired) electrons. The number of aromatic nitrogens is 2. The highest BCUT2D eigenvalue weighted by atomic mass is 35.5. The fourth-order valence-electron chi connectivity index (χ4n) is 2.10. The second-order valence-corrected chi connectivity index (χ2v) is 5.21. The van der Waals surface area contributed by atoms with E-state index >= 15 is 0 Å². The Morgan fingerprint density at radius 2 is 1.92 bits per heavy atom. The number of hydrogen-bond acceptors (Lipinski definition) is 6. The van der Waals surface area contributed by atoms with Gasteiger partial charge in [0.05, 0.1) is 28.9 Å². The van der Waals surface area contributed by atoms with E-state index < -0.39 is 34.8 Å². The highest BCUT2D eigenvalue weighted by Gasteiger charge is 2.36. The lowest BCUT2D eigenvalue weighted by molar-refractivity contribution is -0.143. The molecule has 0 spiro atoms. The summed E-state index contributed by atoms with van der Waals surface area (Å²) in [6.07, 6.45) is -5.04. The third-order valence-corrected chi connectivity index (χ3v) is 3.58. The Bertz CT molecular complexity index is 1070. The summed E-state index contributed by atoms with van der Waals surface area (Å²) in [6, 6.07) is 3.62. The van der Waals surface area contributed by atoms with Crippen molar-refractivity contribution in [3.63, 3.8) is 0 Å².